The molecule has 0 unspecified atom stereocenters. The second-order valence-electron chi connectivity index (χ2n) is 7.26. The first-order valence-electron chi connectivity index (χ1n) is 9.36. The molecule has 0 aromatic heterocycles. The van der Waals surface area contributed by atoms with Crippen LogP contribution in [0.1, 0.15) is 30.7 Å². The van der Waals surface area contributed by atoms with Crippen LogP contribution in [0.15, 0.2) is 54.6 Å². The van der Waals surface area contributed by atoms with Gasteiger partial charge in [-0.1, -0.05) is 42.8 Å². The van der Waals surface area contributed by atoms with Crippen LogP contribution < -0.4 is 4.74 Å². The van der Waals surface area contributed by atoms with Crippen molar-refractivity contribution in [1.82, 2.24) is 0 Å². The summed E-state index contributed by atoms with van der Waals surface area (Å²) in [6.45, 7) is 0. The third-order valence-electron chi connectivity index (χ3n) is 5.32. The summed E-state index contributed by atoms with van der Waals surface area (Å²) in [6, 6.07) is 13.2. The van der Waals surface area contributed by atoms with Crippen LogP contribution in [-0.4, -0.2) is 6.36 Å². The lowest BCUT2D eigenvalue weighted by atomic mass is 9.80. The monoisotopic (exact) mass is 422 g/mol. The Morgan fingerprint density at radius 2 is 1.27 bits per heavy atom. The summed E-state index contributed by atoms with van der Waals surface area (Å²) < 4.78 is 82.7. The Bertz CT molecular complexity index is 1050. The van der Waals surface area contributed by atoms with Gasteiger partial charge in [-0.2, -0.15) is 0 Å². The van der Waals surface area contributed by atoms with E-state index in [1.54, 1.807) is 6.07 Å². The van der Waals surface area contributed by atoms with Gasteiger partial charge in [0, 0.05) is 5.56 Å². The van der Waals surface area contributed by atoms with E-state index in [4.69, 9.17) is 0 Å². The maximum absolute atomic E-state index is 14.7. The van der Waals surface area contributed by atoms with Crippen LogP contribution in [0.4, 0.5) is 26.3 Å². The fraction of sp³-hybridized carbons (Fsp3) is 0.217. The number of rotatable bonds is 4. The minimum atomic E-state index is -5.25. The number of hydrogen-bond donors (Lipinski definition) is 0. The average Bonchev–Trinajstić information content (AvgIpc) is 2.63. The van der Waals surface area contributed by atoms with Crippen molar-refractivity contribution < 1.29 is 31.1 Å². The van der Waals surface area contributed by atoms with E-state index in [-0.39, 0.29) is 11.1 Å². The molecule has 0 heterocycles. The highest BCUT2D eigenvalue weighted by Crippen LogP contribution is 2.38. The molecule has 0 N–H and O–H groups in total. The van der Waals surface area contributed by atoms with Gasteiger partial charge in [0.15, 0.2) is 11.6 Å². The summed E-state index contributed by atoms with van der Waals surface area (Å²) in [5, 5.41) is 0. The summed E-state index contributed by atoms with van der Waals surface area (Å²) in [4.78, 5) is 0. The highest BCUT2D eigenvalue weighted by atomic mass is 19.4. The number of alkyl halides is 3. The zero-order valence-corrected chi connectivity index (χ0v) is 15.6. The topological polar surface area (TPSA) is 9.23 Å². The van der Waals surface area contributed by atoms with Crippen molar-refractivity contribution in [2.24, 2.45) is 0 Å². The molecule has 0 saturated heterocycles. The molecule has 1 fully saturated rings. The summed E-state index contributed by atoms with van der Waals surface area (Å²) in [6.07, 6.45) is -1.68. The van der Waals surface area contributed by atoms with Gasteiger partial charge in [0.2, 0.25) is 5.75 Å². The van der Waals surface area contributed by atoms with Gasteiger partial charge in [-0.05, 0) is 59.2 Å². The van der Waals surface area contributed by atoms with E-state index in [0.29, 0.717) is 23.6 Å². The van der Waals surface area contributed by atoms with Crippen LogP contribution in [0, 0.1) is 17.5 Å². The molecule has 0 aliphatic heterocycles. The molecule has 1 aliphatic rings. The van der Waals surface area contributed by atoms with E-state index < -0.39 is 29.6 Å². The number of ether oxygens (including phenoxy) is 1. The van der Waals surface area contributed by atoms with Crippen LogP contribution in [0.25, 0.3) is 22.3 Å². The molecule has 1 nitrogen and oxygen atoms in total. The molecule has 30 heavy (non-hydrogen) atoms. The molecular weight excluding hydrogens is 406 g/mol. The lowest BCUT2D eigenvalue weighted by molar-refractivity contribution is -0.276. The van der Waals surface area contributed by atoms with Gasteiger partial charge < -0.3 is 4.74 Å². The van der Waals surface area contributed by atoms with Crippen molar-refractivity contribution in [3.8, 4) is 28.0 Å². The van der Waals surface area contributed by atoms with Crippen LogP contribution in [0.3, 0.4) is 0 Å². The molecular formula is C23H16F6O. The second-order valence-corrected chi connectivity index (χ2v) is 7.26. The largest absolute Gasteiger partial charge is 0.573 e. The maximum atomic E-state index is 14.7. The van der Waals surface area contributed by atoms with Crippen molar-refractivity contribution in [2.75, 3.05) is 0 Å². The molecule has 0 spiro atoms. The van der Waals surface area contributed by atoms with Crippen molar-refractivity contribution in [3.63, 3.8) is 0 Å². The fourth-order valence-electron chi connectivity index (χ4n) is 3.55. The van der Waals surface area contributed by atoms with Crippen LogP contribution in [0.2, 0.25) is 0 Å². The van der Waals surface area contributed by atoms with Crippen molar-refractivity contribution in [2.45, 2.75) is 31.5 Å². The third-order valence-corrected chi connectivity index (χ3v) is 5.32. The predicted molar refractivity (Wildman–Crippen MR) is 100 cm³/mol. The molecule has 4 rings (SSSR count). The zero-order chi connectivity index (χ0) is 21.5. The Hall–Kier alpha value is -2.96. The van der Waals surface area contributed by atoms with Gasteiger partial charge in [-0.25, -0.2) is 13.2 Å². The minimum absolute atomic E-state index is 0.138. The molecule has 7 heteroatoms. The first-order chi connectivity index (χ1) is 14.2. The van der Waals surface area contributed by atoms with Crippen molar-refractivity contribution in [1.29, 1.82) is 0 Å². The van der Waals surface area contributed by atoms with E-state index in [0.717, 1.165) is 5.56 Å². The Morgan fingerprint density at radius 3 is 1.77 bits per heavy atom. The number of halogens is 6. The van der Waals surface area contributed by atoms with E-state index in [1.165, 1.54) is 37.0 Å². The van der Waals surface area contributed by atoms with E-state index in [2.05, 4.69) is 4.74 Å². The smallest absolute Gasteiger partial charge is 0.399 e. The predicted octanol–water partition coefficient (Wildman–Crippen LogP) is 7.60. The van der Waals surface area contributed by atoms with Gasteiger partial charge in [-0.3, -0.25) is 0 Å². The minimum Gasteiger partial charge on any atom is -0.399 e. The van der Waals surface area contributed by atoms with Crippen LogP contribution in [0.5, 0.6) is 5.75 Å². The fourth-order valence-corrected chi connectivity index (χ4v) is 3.55. The third kappa shape index (κ3) is 4.15. The lowest BCUT2D eigenvalue weighted by Gasteiger charge is -2.25. The Balaban J connectivity index is 1.62. The lowest BCUT2D eigenvalue weighted by Crippen LogP contribution is -2.19. The summed E-state index contributed by atoms with van der Waals surface area (Å²) in [5.74, 6) is -4.89. The van der Waals surface area contributed by atoms with Crippen LogP contribution in [-0.2, 0) is 0 Å². The standard InChI is InChI=1S/C23H16F6O/c24-19-10-16(15-6-4-14(5-7-15)13-2-1-3-13)8-9-18(19)17-11-20(25)22(21(26)12-17)30-23(27,28)29/h4-13H,1-3H2. The van der Waals surface area contributed by atoms with Crippen molar-refractivity contribution >= 4 is 0 Å². The summed E-state index contributed by atoms with van der Waals surface area (Å²) in [7, 11) is 0. The molecule has 0 bridgehead atoms. The van der Waals surface area contributed by atoms with E-state index >= 15 is 0 Å². The van der Waals surface area contributed by atoms with Gasteiger partial charge in [-0.15, -0.1) is 13.2 Å². The molecule has 0 amide bonds. The maximum Gasteiger partial charge on any atom is 0.573 e. The quantitative estimate of drug-likeness (QED) is 0.393. The second kappa shape index (κ2) is 7.70. The molecule has 3 aromatic carbocycles. The molecule has 0 atom stereocenters. The number of benzene rings is 3. The van der Waals surface area contributed by atoms with Gasteiger partial charge in [0.05, 0.1) is 0 Å². The summed E-state index contributed by atoms with van der Waals surface area (Å²) in [5.41, 5.74) is 2.24. The average molecular weight is 422 g/mol. The Kier molecular flexibility index (Phi) is 5.22. The SMILES string of the molecule is Fc1cc(-c2ccc(C3CCC3)cc2)ccc1-c1cc(F)c(OC(F)(F)F)c(F)c1. The molecule has 156 valence electrons. The normalized spacial score (nSPS) is 14.5. The Labute approximate surface area is 168 Å². The Morgan fingerprint density at radius 1 is 0.700 bits per heavy atom. The van der Waals surface area contributed by atoms with E-state index in [9.17, 15) is 26.3 Å². The highest BCUT2D eigenvalue weighted by molar-refractivity contribution is 5.71. The van der Waals surface area contributed by atoms with Gasteiger partial charge >= 0.3 is 6.36 Å². The van der Waals surface area contributed by atoms with Gasteiger partial charge in [0.1, 0.15) is 5.82 Å². The van der Waals surface area contributed by atoms with Crippen LogP contribution >= 0.6 is 0 Å². The van der Waals surface area contributed by atoms with E-state index in [1.807, 2.05) is 24.3 Å². The van der Waals surface area contributed by atoms with Gasteiger partial charge in [0.25, 0.3) is 0 Å². The first kappa shape index (κ1) is 20.3. The van der Waals surface area contributed by atoms with Crippen molar-refractivity contribution in [3.05, 3.63) is 77.6 Å². The molecule has 1 saturated carbocycles. The highest BCUT2D eigenvalue weighted by Gasteiger charge is 2.34. The molecule has 0 radical (unpaired) electrons. The first-order valence-corrected chi connectivity index (χ1v) is 9.36. The summed E-state index contributed by atoms with van der Waals surface area (Å²) >= 11 is 0. The molecule has 1 aliphatic carbocycles. The zero-order valence-electron chi connectivity index (χ0n) is 15.6. The number of hydrogen-bond acceptors (Lipinski definition) is 1. The molecule has 3 aromatic rings.